The van der Waals surface area contributed by atoms with E-state index in [-0.39, 0.29) is 49.0 Å². The molecular formula is C32H36F3N3O6. The maximum absolute atomic E-state index is 15.2. The second-order valence-corrected chi connectivity index (χ2v) is 12.1. The Bertz CT molecular complexity index is 1510. The molecule has 1 saturated heterocycles. The molecule has 0 saturated carbocycles. The molecule has 0 spiro atoms. The van der Waals surface area contributed by atoms with Crippen molar-refractivity contribution in [3.05, 3.63) is 77.2 Å². The zero-order valence-corrected chi connectivity index (χ0v) is 25.2. The van der Waals surface area contributed by atoms with Crippen LogP contribution in [-0.4, -0.2) is 69.8 Å². The van der Waals surface area contributed by atoms with Crippen molar-refractivity contribution < 1.29 is 41.8 Å². The van der Waals surface area contributed by atoms with Gasteiger partial charge in [0.2, 0.25) is 5.89 Å². The number of halogens is 3. The van der Waals surface area contributed by atoms with Crippen LogP contribution in [0.15, 0.2) is 52.9 Å². The van der Waals surface area contributed by atoms with Crippen molar-refractivity contribution in [2.24, 2.45) is 11.3 Å². The molecule has 236 valence electrons. The van der Waals surface area contributed by atoms with Crippen molar-refractivity contribution >= 4 is 18.0 Å². The SMILES string of the molecule is CC(=O)O[C@@H](C)C(=O)N(CC1CN(C(=O)O)CC1F)[C@@H](c1nc(-c2cc(F)ccc2F)oc1Cc1ccccc1)C(C)(C)C. The molecule has 4 rings (SSSR count). The van der Waals surface area contributed by atoms with E-state index in [1.165, 1.54) is 11.8 Å². The number of carbonyl (C=O) groups excluding carboxylic acids is 2. The van der Waals surface area contributed by atoms with Crippen LogP contribution in [0.3, 0.4) is 0 Å². The van der Waals surface area contributed by atoms with Gasteiger partial charge in [-0.2, -0.15) is 0 Å². The Labute approximate surface area is 253 Å². The van der Waals surface area contributed by atoms with Gasteiger partial charge < -0.3 is 24.1 Å². The van der Waals surface area contributed by atoms with Crippen LogP contribution in [-0.2, 0) is 20.7 Å². The van der Waals surface area contributed by atoms with Gasteiger partial charge in [-0.05, 0) is 36.1 Å². The predicted octanol–water partition coefficient (Wildman–Crippen LogP) is 6.03. The van der Waals surface area contributed by atoms with Crippen molar-refractivity contribution in [3.63, 3.8) is 0 Å². The van der Waals surface area contributed by atoms with E-state index in [2.05, 4.69) is 4.98 Å². The van der Waals surface area contributed by atoms with Crippen LogP contribution < -0.4 is 0 Å². The zero-order chi connectivity index (χ0) is 32.3. The summed E-state index contributed by atoms with van der Waals surface area (Å²) in [5, 5.41) is 9.47. The number of amides is 2. The number of aromatic nitrogens is 1. The maximum atomic E-state index is 15.2. The molecule has 2 unspecified atom stereocenters. The van der Waals surface area contributed by atoms with E-state index in [4.69, 9.17) is 9.15 Å². The highest BCUT2D eigenvalue weighted by molar-refractivity contribution is 5.83. The second-order valence-electron chi connectivity index (χ2n) is 12.1. The number of carboxylic acid groups (broad SMARTS) is 1. The minimum atomic E-state index is -1.57. The number of ether oxygens (including phenoxy) is 1. The Morgan fingerprint density at radius 1 is 1.14 bits per heavy atom. The molecule has 1 fully saturated rings. The van der Waals surface area contributed by atoms with Gasteiger partial charge >= 0.3 is 12.1 Å². The van der Waals surface area contributed by atoms with Gasteiger partial charge in [0.1, 0.15) is 29.3 Å². The molecule has 2 aromatic carbocycles. The topological polar surface area (TPSA) is 113 Å². The lowest BCUT2D eigenvalue weighted by Crippen LogP contribution is -2.49. The smallest absolute Gasteiger partial charge is 0.407 e. The highest BCUT2D eigenvalue weighted by Gasteiger charge is 2.45. The number of benzene rings is 2. The monoisotopic (exact) mass is 615 g/mol. The van der Waals surface area contributed by atoms with Crippen molar-refractivity contribution in [1.82, 2.24) is 14.8 Å². The van der Waals surface area contributed by atoms with E-state index < -0.39 is 59.3 Å². The number of nitrogens with zero attached hydrogens (tertiary/aromatic N) is 3. The van der Waals surface area contributed by atoms with Gasteiger partial charge in [0.05, 0.1) is 18.2 Å². The van der Waals surface area contributed by atoms with Gasteiger partial charge in [0.15, 0.2) is 6.10 Å². The summed E-state index contributed by atoms with van der Waals surface area (Å²) in [5.41, 5.74) is 0.00224. The average molecular weight is 616 g/mol. The van der Waals surface area contributed by atoms with Crippen LogP contribution in [0.4, 0.5) is 18.0 Å². The van der Waals surface area contributed by atoms with E-state index in [1.807, 2.05) is 51.1 Å². The molecular weight excluding hydrogens is 579 g/mol. The molecule has 2 heterocycles. The van der Waals surface area contributed by atoms with Gasteiger partial charge in [-0.3, -0.25) is 9.59 Å². The molecule has 1 N–H and O–H groups in total. The molecule has 0 radical (unpaired) electrons. The maximum Gasteiger partial charge on any atom is 0.407 e. The molecule has 1 aliphatic heterocycles. The molecule has 1 aromatic heterocycles. The first-order valence-electron chi connectivity index (χ1n) is 14.2. The standard InChI is InChI=1S/C32H36F3N3O6/c1-18(43-19(2)39)30(40)38(16-21-15-37(31(41)42)17-25(21)35)28(32(3,4)5)27-26(13-20-9-7-6-8-10-20)44-29(36-27)23-14-22(33)11-12-24(23)34/h6-12,14,18,21,25,28H,13,15-17H2,1-5H3,(H,41,42)/t18-,21?,25?,28-/m0/s1. The fourth-order valence-corrected chi connectivity index (χ4v) is 5.55. The van der Waals surface area contributed by atoms with Crippen molar-refractivity contribution in [2.75, 3.05) is 19.6 Å². The first-order valence-corrected chi connectivity index (χ1v) is 14.2. The molecule has 2 amide bonds. The van der Waals surface area contributed by atoms with Gasteiger partial charge in [-0.25, -0.2) is 22.9 Å². The third kappa shape index (κ3) is 7.40. The third-order valence-electron chi connectivity index (χ3n) is 7.52. The summed E-state index contributed by atoms with van der Waals surface area (Å²) in [7, 11) is 0. The highest BCUT2D eigenvalue weighted by Crippen LogP contribution is 2.43. The minimum Gasteiger partial charge on any atom is -0.465 e. The van der Waals surface area contributed by atoms with Crippen molar-refractivity contribution in [3.8, 4) is 11.5 Å². The van der Waals surface area contributed by atoms with E-state index >= 15 is 4.39 Å². The minimum absolute atomic E-state index is 0.158. The number of carbonyl (C=O) groups is 3. The molecule has 1 aliphatic rings. The van der Waals surface area contributed by atoms with Crippen LogP contribution in [0.1, 0.15) is 57.7 Å². The number of oxazole rings is 1. The number of hydrogen-bond acceptors (Lipinski definition) is 6. The lowest BCUT2D eigenvalue weighted by Gasteiger charge is -2.41. The molecule has 0 bridgehead atoms. The summed E-state index contributed by atoms with van der Waals surface area (Å²) < 4.78 is 55.7. The largest absolute Gasteiger partial charge is 0.465 e. The summed E-state index contributed by atoms with van der Waals surface area (Å²) in [6.07, 6.45) is -3.94. The van der Waals surface area contributed by atoms with Gasteiger partial charge in [0, 0.05) is 32.4 Å². The van der Waals surface area contributed by atoms with Gasteiger partial charge in [-0.15, -0.1) is 0 Å². The lowest BCUT2D eigenvalue weighted by molar-refractivity contribution is -0.160. The Hall–Kier alpha value is -4.35. The molecule has 12 heteroatoms. The van der Waals surface area contributed by atoms with Crippen molar-refractivity contribution in [2.45, 2.75) is 59.4 Å². The zero-order valence-electron chi connectivity index (χ0n) is 25.2. The van der Waals surface area contributed by atoms with E-state index in [9.17, 15) is 28.3 Å². The summed E-state index contributed by atoms with van der Waals surface area (Å²) in [5.74, 6) is -3.67. The number of likely N-dealkylation sites (tertiary alicyclic amines) is 1. The van der Waals surface area contributed by atoms with Crippen LogP contribution in [0.2, 0.25) is 0 Å². The quantitative estimate of drug-likeness (QED) is 0.293. The van der Waals surface area contributed by atoms with Gasteiger partial charge in [0.25, 0.3) is 5.91 Å². The van der Waals surface area contributed by atoms with Crippen molar-refractivity contribution in [1.29, 1.82) is 0 Å². The highest BCUT2D eigenvalue weighted by atomic mass is 19.1. The molecule has 0 aliphatic carbocycles. The fourth-order valence-electron chi connectivity index (χ4n) is 5.55. The third-order valence-corrected chi connectivity index (χ3v) is 7.52. The summed E-state index contributed by atoms with van der Waals surface area (Å²) in [6.45, 7) is 7.27. The Kier molecular flexibility index (Phi) is 9.70. The Balaban J connectivity index is 1.89. The summed E-state index contributed by atoms with van der Waals surface area (Å²) in [6, 6.07) is 11.1. The number of rotatable bonds is 9. The fraction of sp³-hybridized carbons (Fsp3) is 0.438. The normalized spacial score (nSPS) is 18.1. The van der Waals surface area contributed by atoms with Crippen LogP contribution in [0, 0.1) is 23.0 Å². The van der Waals surface area contributed by atoms with Crippen LogP contribution >= 0.6 is 0 Å². The average Bonchev–Trinajstić information content (AvgIpc) is 3.51. The Morgan fingerprint density at radius 2 is 1.82 bits per heavy atom. The first-order chi connectivity index (χ1) is 20.6. The first kappa shape index (κ1) is 32.6. The summed E-state index contributed by atoms with van der Waals surface area (Å²) >= 11 is 0. The number of esters is 1. The lowest BCUT2D eigenvalue weighted by atomic mass is 9.81. The van der Waals surface area contributed by atoms with E-state index in [0.29, 0.717) is 0 Å². The number of hydrogen-bond donors (Lipinski definition) is 1. The molecule has 3 aromatic rings. The number of alkyl halides is 1. The van der Waals surface area contributed by atoms with E-state index in [1.54, 1.807) is 0 Å². The predicted molar refractivity (Wildman–Crippen MR) is 154 cm³/mol. The molecule has 4 atom stereocenters. The van der Waals surface area contributed by atoms with E-state index in [0.717, 1.165) is 35.6 Å². The van der Waals surface area contributed by atoms with Gasteiger partial charge in [-0.1, -0.05) is 51.1 Å². The Morgan fingerprint density at radius 3 is 2.41 bits per heavy atom. The molecule has 44 heavy (non-hydrogen) atoms. The van der Waals surface area contributed by atoms with Crippen LogP contribution in [0.5, 0.6) is 0 Å². The molecule has 9 nitrogen and oxygen atoms in total. The van der Waals surface area contributed by atoms with Crippen LogP contribution in [0.25, 0.3) is 11.5 Å². The second kappa shape index (κ2) is 13.1. The summed E-state index contributed by atoms with van der Waals surface area (Å²) in [4.78, 5) is 44.3.